The predicted octanol–water partition coefficient (Wildman–Crippen LogP) is 11.3. The molecule has 0 aliphatic heterocycles. The van der Waals surface area contributed by atoms with Crippen molar-refractivity contribution in [3.63, 3.8) is 0 Å². The molecule has 196 valence electrons. The molecule has 0 amide bonds. The SMILES string of the molecule is CC.c1ccc2c(c1)c1ccccc1n2-c1ccc2sc3ccc(-n4c5ccccc5c5ccccc54)cc3c2c1. The van der Waals surface area contributed by atoms with Crippen molar-refractivity contribution < 1.29 is 0 Å². The van der Waals surface area contributed by atoms with E-state index in [4.69, 9.17) is 0 Å². The van der Waals surface area contributed by atoms with E-state index in [1.165, 1.54) is 75.2 Å². The Bertz CT molecular complexity index is 2130. The fourth-order valence-corrected chi connectivity index (χ4v) is 7.50. The third-order valence-electron chi connectivity index (χ3n) is 8.11. The van der Waals surface area contributed by atoms with Gasteiger partial charge in [-0.2, -0.15) is 0 Å². The van der Waals surface area contributed by atoms with E-state index in [0.717, 1.165) is 0 Å². The van der Waals surface area contributed by atoms with Gasteiger partial charge in [-0.3, -0.25) is 0 Å². The van der Waals surface area contributed by atoms with Crippen LogP contribution in [0.4, 0.5) is 0 Å². The van der Waals surface area contributed by atoms with Crippen LogP contribution in [0.1, 0.15) is 13.8 Å². The zero-order valence-electron chi connectivity index (χ0n) is 23.0. The van der Waals surface area contributed by atoms with Gasteiger partial charge < -0.3 is 9.13 Å². The number of rotatable bonds is 2. The molecule has 3 heterocycles. The lowest BCUT2D eigenvalue weighted by molar-refractivity contribution is 1.18. The Morgan fingerprint density at radius 1 is 0.366 bits per heavy atom. The summed E-state index contributed by atoms with van der Waals surface area (Å²) in [6.45, 7) is 4.00. The molecule has 9 aromatic rings. The molecule has 2 nitrogen and oxygen atoms in total. The van der Waals surface area contributed by atoms with Crippen LogP contribution in [0.25, 0.3) is 75.2 Å². The number of para-hydroxylation sites is 4. The van der Waals surface area contributed by atoms with Crippen molar-refractivity contribution in [2.24, 2.45) is 0 Å². The first-order chi connectivity index (χ1) is 20.3. The average molecular weight is 545 g/mol. The summed E-state index contributed by atoms with van der Waals surface area (Å²) in [4.78, 5) is 0. The van der Waals surface area contributed by atoms with Crippen LogP contribution in [0.2, 0.25) is 0 Å². The van der Waals surface area contributed by atoms with Crippen LogP contribution in [0.3, 0.4) is 0 Å². The molecule has 0 saturated carbocycles. The summed E-state index contributed by atoms with van der Waals surface area (Å²) in [7, 11) is 0. The largest absolute Gasteiger partial charge is 0.309 e. The smallest absolute Gasteiger partial charge is 0.0541 e. The number of thiophene rings is 1. The first-order valence-corrected chi connectivity index (χ1v) is 15.1. The molecule has 3 aromatic heterocycles. The zero-order valence-corrected chi connectivity index (χ0v) is 23.8. The van der Waals surface area contributed by atoms with Gasteiger partial charge in [0, 0.05) is 53.1 Å². The Balaban J connectivity index is 0.00000125. The van der Waals surface area contributed by atoms with E-state index in [1.807, 2.05) is 25.2 Å². The summed E-state index contributed by atoms with van der Waals surface area (Å²) in [5.41, 5.74) is 7.35. The fourth-order valence-electron chi connectivity index (χ4n) is 6.43. The Kier molecular flexibility index (Phi) is 5.48. The maximum Gasteiger partial charge on any atom is 0.0541 e. The van der Waals surface area contributed by atoms with Crippen molar-refractivity contribution >= 4 is 75.1 Å². The highest BCUT2D eigenvalue weighted by molar-refractivity contribution is 7.25. The third kappa shape index (κ3) is 3.49. The minimum absolute atomic E-state index is 1.20. The van der Waals surface area contributed by atoms with E-state index in [-0.39, 0.29) is 0 Å². The number of nitrogens with zero attached hydrogens (tertiary/aromatic N) is 2. The second kappa shape index (κ2) is 9.36. The van der Waals surface area contributed by atoms with E-state index in [0.29, 0.717) is 0 Å². The second-order valence-corrected chi connectivity index (χ2v) is 11.3. The lowest BCUT2D eigenvalue weighted by Crippen LogP contribution is -1.94. The number of hydrogen-bond donors (Lipinski definition) is 0. The van der Waals surface area contributed by atoms with Gasteiger partial charge in [0.25, 0.3) is 0 Å². The van der Waals surface area contributed by atoms with Gasteiger partial charge in [0.15, 0.2) is 0 Å². The first kappa shape index (κ1) is 24.0. The molecule has 0 N–H and O–H groups in total. The van der Waals surface area contributed by atoms with E-state index in [9.17, 15) is 0 Å². The standard InChI is InChI=1S/C36H22N2S.C2H6/c1-5-13-31-25(9-1)26-10-2-6-14-32(26)37(31)23-17-19-35-29(21-23)30-22-24(18-20-36(30)39-35)38-33-15-7-3-11-27(33)28-12-4-8-16-34(28)38;1-2/h1-22H;1-2H3. The summed E-state index contributed by atoms with van der Waals surface area (Å²) in [5.74, 6) is 0. The van der Waals surface area contributed by atoms with Crippen molar-refractivity contribution in [2.75, 3.05) is 0 Å². The summed E-state index contributed by atoms with van der Waals surface area (Å²) in [6, 6.07) is 48.7. The van der Waals surface area contributed by atoms with Crippen molar-refractivity contribution in [3.05, 3.63) is 133 Å². The molecule has 0 spiro atoms. The maximum atomic E-state index is 2.41. The molecule has 0 aliphatic rings. The van der Waals surface area contributed by atoms with E-state index in [2.05, 4.69) is 143 Å². The minimum Gasteiger partial charge on any atom is -0.309 e. The molecule has 0 fully saturated rings. The maximum absolute atomic E-state index is 2.41. The summed E-state index contributed by atoms with van der Waals surface area (Å²) < 4.78 is 7.44. The zero-order chi connectivity index (χ0) is 27.5. The summed E-state index contributed by atoms with van der Waals surface area (Å²) in [5, 5.41) is 7.76. The van der Waals surface area contributed by atoms with Gasteiger partial charge in [-0.1, -0.05) is 86.6 Å². The molecule has 6 aromatic carbocycles. The molecule has 0 aliphatic carbocycles. The van der Waals surface area contributed by atoms with Crippen molar-refractivity contribution in [3.8, 4) is 11.4 Å². The van der Waals surface area contributed by atoms with Crippen molar-refractivity contribution in [2.45, 2.75) is 13.8 Å². The number of fused-ring (bicyclic) bond motifs is 9. The van der Waals surface area contributed by atoms with Gasteiger partial charge in [-0.15, -0.1) is 11.3 Å². The van der Waals surface area contributed by atoms with Crippen LogP contribution in [0.15, 0.2) is 133 Å². The Morgan fingerprint density at radius 2 is 0.683 bits per heavy atom. The molecular weight excluding hydrogens is 516 g/mol. The quantitative estimate of drug-likeness (QED) is 0.205. The number of hydrogen-bond acceptors (Lipinski definition) is 1. The highest BCUT2D eigenvalue weighted by atomic mass is 32.1. The second-order valence-electron chi connectivity index (χ2n) is 10.2. The Hall–Kier alpha value is -4.86. The summed E-state index contributed by atoms with van der Waals surface area (Å²) in [6.07, 6.45) is 0. The van der Waals surface area contributed by atoms with Gasteiger partial charge in [0.05, 0.1) is 22.1 Å². The van der Waals surface area contributed by atoms with Gasteiger partial charge >= 0.3 is 0 Å². The predicted molar refractivity (Wildman–Crippen MR) is 179 cm³/mol. The fraction of sp³-hybridized carbons (Fsp3) is 0.0526. The summed E-state index contributed by atoms with van der Waals surface area (Å²) >= 11 is 1.87. The van der Waals surface area contributed by atoms with Crippen LogP contribution in [-0.4, -0.2) is 9.13 Å². The lowest BCUT2D eigenvalue weighted by atomic mass is 10.1. The molecule has 0 atom stereocenters. The molecule has 9 rings (SSSR count). The van der Waals surface area contributed by atoms with Crippen LogP contribution >= 0.6 is 11.3 Å². The first-order valence-electron chi connectivity index (χ1n) is 14.3. The monoisotopic (exact) mass is 544 g/mol. The number of benzene rings is 6. The number of aromatic nitrogens is 2. The van der Waals surface area contributed by atoms with Gasteiger partial charge in [0.2, 0.25) is 0 Å². The van der Waals surface area contributed by atoms with E-state index in [1.54, 1.807) is 0 Å². The van der Waals surface area contributed by atoms with Crippen LogP contribution in [0, 0.1) is 0 Å². The molecule has 0 bridgehead atoms. The lowest BCUT2D eigenvalue weighted by Gasteiger charge is -2.09. The van der Waals surface area contributed by atoms with Gasteiger partial charge in [-0.05, 0) is 60.7 Å². The molecular formula is C38H28N2S. The Morgan fingerprint density at radius 3 is 1.02 bits per heavy atom. The highest BCUT2D eigenvalue weighted by Gasteiger charge is 2.15. The molecule has 41 heavy (non-hydrogen) atoms. The highest BCUT2D eigenvalue weighted by Crippen LogP contribution is 2.40. The van der Waals surface area contributed by atoms with E-state index < -0.39 is 0 Å². The Labute approximate surface area is 242 Å². The van der Waals surface area contributed by atoms with Gasteiger partial charge in [0.1, 0.15) is 0 Å². The van der Waals surface area contributed by atoms with Gasteiger partial charge in [-0.25, -0.2) is 0 Å². The van der Waals surface area contributed by atoms with E-state index >= 15 is 0 Å². The average Bonchev–Trinajstić information content (AvgIpc) is 3.69. The molecule has 3 heteroatoms. The molecule has 0 saturated heterocycles. The normalized spacial score (nSPS) is 11.7. The molecule has 0 unspecified atom stereocenters. The topological polar surface area (TPSA) is 9.86 Å². The van der Waals surface area contributed by atoms with Crippen molar-refractivity contribution in [1.29, 1.82) is 0 Å². The van der Waals surface area contributed by atoms with Crippen LogP contribution in [0.5, 0.6) is 0 Å². The minimum atomic E-state index is 1.20. The van der Waals surface area contributed by atoms with Crippen molar-refractivity contribution in [1.82, 2.24) is 9.13 Å². The van der Waals surface area contributed by atoms with Crippen LogP contribution < -0.4 is 0 Å². The third-order valence-corrected chi connectivity index (χ3v) is 9.26. The van der Waals surface area contributed by atoms with Crippen LogP contribution in [-0.2, 0) is 0 Å². The molecule has 0 radical (unpaired) electrons.